The molecule has 0 aliphatic rings. The lowest BCUT2D eigenvalue weighted by atomic mass is 10.3. The van der Waals surface area contributed by atoms with Gasteiger partial charge in [-0.2, -0.15) is 0 Å². The molecule has 0 atom stereocenters. The molecule has 2 rings (SSSR count). The Balaban J connectivity index is 2.18. The summed E-state index contributed by atoms with van der Waals surface area (Å²) >= 11 is 0. The molecule has 4 nitrogen and oxygen atoms in total. The third-order valence-corrected chi connectivity index (χ3v) is 2.47. The van der Waals surface area contributed by atoms with Gasteiger partial charge in [-0.15, -0.1) is 0 Å². The molecule has 1 aromatic carbocycles. The number of hydrogen-bond donors (Lipinski definition) is 2. The van der Waals surface area contributed by atoms with Gasteiger partial charge < -0.3 is 15.6 Å². The molecule has 84 valence electrons. The van der Waals surface area contributed by atoms with E-state index in [9.17, 15) is 0 Å². The highest BCUT2D eigenvalue weighted by molar-refractivity contribution is 5.78. The number of imidazole rings is 1. The number of rotatable bonds is 4. The largest absolute Gasteiger partial charge is 0.352 e. The molecular weight excluding hydrogens is 200 g/mol. The molecule has 0 amide bonds. The van der Waals surface area contributed by atoms with Gasteiger partial charge in [0.05, 0.1) is 11.0 Å². The number of anilines is 1. The van der Waals surface area contributed by atoms with Crippen molar-refractivity contribution in [1.82, 2.24) is 9.55 Å². The van der Waals surface area contributed by atoms with Crippen LogP contribution in [0.4, 0.5) is 5.95 Å². The smallest absolute Gasteiger partial charge is 0.203 e. The van der Waals surface area contributed by atoms with Crippen LogP contribution in [-0.2, 0) is 7.05 Å². The average molecular weight is 216 g/mol. The standard InChI is InChI=1S/C12H16N4/c1-16-11-7-3-2-6-10(11)15-12(16)14-9-5-4-8-13/h2-7H,8-9,13H2,1H3,(H,14,15)/b5-4+. The quantitative estimate of drug-likeness (QED) is 0.761. The van der Waals surface area contributed by atoms with E-state index >= 15 is 0 Å². The summed E-state index contributed by atoms with van der Waals surface area (Å²) in [6.45, 7) is 1.32. The Morgan fingerprint density at radius 1 is 1.38 bits per heavy atom. The highest BCUT2D eigenvalue weighted by atomic mass is 15.2. The van der Waals surface area contributed by atoms with Crippen molar-refractivity contribution in [3.63, 3.8) is 0 Å². The number of fused-ring (bicyclic) bond motifs is 1. The fraction of sp³-hybridized carbons (Fsp3) is 0.250. The predicted octanol–water partition coefficient (Wildman–Crippen LogP) is 1.50. The summed E-state index contributed by atoms with van der Waals surface area (Å²) in [5.41, 5.74) is 7.51. The number of hydrogen-bond acceptors (Lipinski definition) is 3. The summed E-state index contributed by atoms with van der Waals surface area (Å²) in [7, 11) is 2.00. The normalized spacial score (nSPS) is 11.4. The van der Waals surface area contributed by atoms with E-state index in [1.807, 2.05) is 42.0 Å². The number of nitrogens with zero attached hydrogens (tertiary/aromatic N) is 2. The number of aromatic nitrogens is 2. The molecule has 2 aromatic rings. The molecule has 0 aliphatic carbocycles. The fourth-order valence-electron chi connectivity index (χ4n) is 1.63. The summed E-state index contributed by atoms with van der Waals surface area (Å²) in [6, 6.07) is 8.08. The molecule has 0 spiro atoms. The van der Waals surface area contributed by atoms with Crippen LogP contribution in [0.15, 0.2) is 36.4 Å². The highest BCUT2D eigenvalue weighted by Gasteiger charge is 2.04. The molecule has 0 saturated heterocycles. The number of nitrogens with two attached hydrogens (primary N) is 1. The lowest BCUT2D eigenvalue weighted by molar-refractivity contribution is 0.944. The maximum atomic E-state index is 5.36. The van der Waals surface area contributed by atoms with Crippen molar-refractivity contribution in [2.75, 3.05) is 18.4 Å². The lowest BCUT2D eigenvalue weighted by Crippen LogP contribution is -2.05. The third-order valence-electron chi connectivity index (χ3n) is 2.47. The van der Waals surface area contributed by atoms with Crippen LogP contribution >= 0.6 is 0 Å². The molecule has 0 fully saturated rings. The van der Waals surface area contributed by atoms with E-state index in [1.54, 1.807) is 0 Å². The second kappa shape index (κ2) is 4.81. The first kappa shape index (κ1) is 10.7. The maximum absolute atomic E-state index is 5.36. The van der Waals surface area contributed by atoms with Crippen LogP contribution in [0.25, 0.3) is 11.0 Å². The molecule has 0 saturated carbocycles. The van der Waals surface area contributed by atoms with Crippen LogP contribution in [0.1, 0.15) is 0 Å². The Labute approximate surface area is 94.8 Å². The molecule has 0 bridgehead atoms. The Morgan fingerprint density at radius 2 is 2.19 bits per heavy atom. The van der Waals surface area contributed by atoms with Crippen molar-refractivity contribution in [3.8, 4) is 0 Å². The minimum atomic E-state index is 0.574. The van der Waals surface area contributed by atoms with Crippen molar-refractivity contribution >= 4 is 17.0 Å². The van der Waals surface area contributed by atoms with Crippen molar-refractivity contribution in [1.29, 1.82) is 0 Å². The molecular formula is C12H16N4. The topological polar surface area (TPSA) is 55.9 Å². The van der Waals surface area contributed by atoms with E-state index in [0.717, 1.165) is 23.5 Å². The van der Waals surface area contributed by atoms with Gasteiger partial charge >= 0.3 is 0 Å². The first-order valence-corrected chi connectivity index (χ1v) is 5.33. The van der Waals surface area contributed by atoms with Crippen LogP contribution in [-0.4, -0.2) is 22.6 Å². The van der Waals surface area contributed by atoms with Crippen molar-refractivity contribution < 1.29 is 0 Å². The summed E-state index contributed by atoms with van der Waals surface area (Å²) in [6.07, 6.45) is 3.93. The monoisotopic (exact) mass is 216 g/mol. The maximum Gasteiger partial charge on any atom is 0.203 e. The molecule has 4 heteroatoms. The second-order valence-corrected chi connectivity index (χ2v) is 3.57. The van der Waals surface area contributed by atoms with Crippen LogP contribution < -0.4 is 11.1 Å². The Kier molecular flexibility index (Phi) is 3.22. The molecule has 0 radical (unpaired) electrons. The fourth-order valence-corrected chi connectivity index (χ4v) is 1.63. The highest BCUT2D eigenvalue weighted by Crippen LogP contribution is 2.16. The minimum Gasteiger partial charge on any atom is -0.352 e. The van der Waals surface area contributed by atoms with Gasteiger partial charge in [-0.3, -0.25) is 0 Å². The minimum absolute atomic E-state index is 0.574. The first-order valence-electron chi connectivity index (χ1n) is 5.33. The van der Waals surface area contributed by atoms with Crippen molar-refractivity contribution in [2.45, 2.75) is 0 Å². The predicted molar refractivity (Wildman–Crippen MR) is 67.4 cm³/mol. The van der Waals surface area contributed by atoms with Crippen molar-refractivity contribution in [2.24, 2.45) is 12.8 Å². The zero-order valence-corrected chi connectivity index (χ0v) is 9.35. The zero-order chi connectivity index (χ0) is 11.4. The molecule has 16 heavy (non-hydrogen) atoms. The number of para-hydroxylation sites is 2. The summed E-state index contributed by atoms with van der Waals surface area (Å²) in [5.74, 6) is 0.878. The number of aryl methyl sites for hydroxylation is 1. The van der Waals surface area contributed by atoms with Crippen LogP contribution in [0.5, 0.6) is 0 Å². The Morgan fingerprint density at radius 3 is 2.94 bits per heavy atom. The van der Waals surface area contributed by atoms with E-state index in [4.69, 9.17) is 5.73 Å². The van der Waals surface area contributed by atoms with Crippen LogP contribution in [0.2, 0.25) is 0 Å². The lowest BCUT2D eigenvalue weighted by Gasteiger charge is -2.02. The van der Waals surface area contributed by atoms with Crippen LogP contribution in [0, 0.1) is 0 Å². The first-order chi connectivity index (χ1) is 7.83. The summed E-state index contributed by atoms with van der Waals surface area (Å²) < 4.78 is 2.05. The van der Waals surface area contributed by atoms with Gasteiger partial charge in [0.1, 0.15) is 0 Å². The average Bonchev–Trinajstić information content (AvgIpc) is 2.63. The Hall–Kier alpha value is -1.81. The molecule has 1 heterocycles. The molecule has 3 N–H and O–H groups in total. The van der Waals surface area contributed by atoms with Gasteiger partial charge in [-0.1, -0.05) is 24.3 Å². The van der Waals surface area contributed by atoms with E-state index in [-0.39, 0.29) is 0 Å². The van der Waals surface area contributed by atoms with Gasteiger partial charge in [0.15, 0.2) is 0 Å². The van der Waals surface area contributed by atoms with E-state index in [1.165, 1.54) is 0 Å². The van der Waals surface area contributed by atoms with Gasteiger partial charge in [-0.25, -0.2) is 4.98 Å². The van der Waals surface area contributed by atoms with Gasteiger partial charge in [0, 0.05) is 20.1 Å². The molecule has 1 aromatic heterocycles. The zero-order valence-electron chi connectivity index (χ0n) is 9.35. The van der Waals surface area contributed by atoms with Gasteiger partial charge in [0.2, 0.25) is 5.95 Å². The molecule has 0 unspecified atom stereocenters. The van der Waals surface area contributed by atoms with Gasteiger partial charge in [-0.05, 0) is 12.1 Å². The summed E-state index contributed by atoms with van der Waals surface area (Å²) in [5, 5.41) is 3.25. The third kappa shape index (κ3) is 2.06. The summed E-state index contributed by atoms with van der Waals surface area (Å²) in [4.78, 5) is 4.50. The Bertz CT molecular complexity index is 499. The number of benzene rings is 1. The van der Waals surface area contributed by atoms with E-state index < -0.39 is 0 Å². The van der Waals surface area contributed by atoms with Gasteiger partial charge in [0.25, 0.3) is 0 Å². The SMILES string of the molecule is Cn1c(NC/C=C/CN)nc2ccccc21. The second-order valence-electron chi connectivity index (χ2n) is 3.57. The van der Waals surface area contributed by atoms with Crippen LogP contribution in [0.3, 0.4) is 0 Å². The van der Waals surface area contributed by atoms with E-state index in [2.05, 4.69) is 16.4 Å². The van der Waals surface area contributed by atoms with E-state index in [0.29, 0.717) is 6.54 Å². The molecule has 0 aliphatic heterocycles. The number of nitrogens with one attached hydrogen (secondary N) is 1. The van der Waals surface area contributed by atoms with Crippen molar-refractivity contribution in [3.05, 3.63) is 36.4 Å².